The standard InChI is InChI=1S/C3F3NO/c4-2(5)3(6)8-1-7. The predicted molar refractivity (Wildman–Crippen MR) is 17.0 cm³/mol. The van der Waals surface area contributed by atoms with Crippen molar-refractivity contribution in [3.05, 3.63) is 12.1 Å². The van der Waals surface area contributed by atoms with Crippen molar-refractivity contribution in [3.63, 3.8) is 0 Å². The van der Waals surface area contributed by atoms with Crippen LogP contribution in [0.1, 0.15) is 0 Å². The predicted octanol–water partition coefficient (Wildman–Crippen LogP) is 1.52. The van der Waals surface area contributed by atoms with Gasteiger partial charge >= 0.3 is 12.1 Å². The first-order chi connectivity index (χ1) is 3.68. The van der Waals surface area contributed by atoms with Gasteiger partial charge in [-0.2, -0.15) is 13.2 Å². The monoisotopic (exact) mass is 123 g/mol. The zero-order chi connectivity index (χ0) is 6.57. The van der Waals surface area contributed by atoms with Crippen molar-refractivity contribution in [1.82, 2.24) is 0 Å². The van der Waals surface area contributed by atoms with Gasteiger partial charge in [-0.15, -0.1) is 5.26 Å². The molecule has 2 nitrogen and oxygen atoms in total. The summed E-state index contributed by atoms with van der Waals surface area (Å²) in [6.45, 7) is 0. The van der Waals surface area contributed by atoms with Crippen LogP contribution in [0, 0.1) is 11.5 Å². The fourth-order valence-corrected chi connectivity index (χ4v) is 0.0786. The fourth-order valence-electron chi connectivity index (χ4n) is 0.0786. The van der Waals surface area contributed by atoms with Crippen molar-refractivity contribution in [2.75, 3.05) is 0 Å². The number of halogens is 3. The van der Waals surface area contributed by atoms with Gasteiger partial charge in [0.1, 0.15) is 0 Å². The normalized spacial score (nSPS) is 7.25. The van der Waals surface area contributed by atoms with Crippen LogP contribution in [0.25, 0.3) is 0 Å². The van der Waals surface area contributed by atoms with Gasteiger partial charge in [-0.3, -0.25) is 0 Å². The van der Waals surface area contributed by atoms with Gasteiger partial charge in [-0.05, 0) is 0 Å². The lowest BCUT2D eigenvalue weighted by molar-refractivity contribution is 0.213. The highest BCUT2D eigenvalue weighted by Gasteiger charge is 2.03. The Hall–Kier alpha value is -1.18. The van der Waals surface area contributed by atoms with Gasteiger partial charge in [-0.1, -0.05) is 0 Å². The van der Waals surface area contributed by atoms with Crippen LogP contribution in [0.5, 0.6) is 0 Å². The van der Waals surface area contributed by atoms with E-state index in [2.05, 4.69) is 4.74 Å². The van der Waals surface area contributed by atoms with Gasteiger partial charge in [-0.25, -0.2) is 0 Å². The maximum atomic E-state index is 11.2. The lowest BCUT2D eigenvalue weighted by atomic mass is 11.0. The number of hydrogen-bond acceptors (Lipinski definition) is 2. The molecule has 0 aromatic rings. The van der Waals surface area contributed by atoms with E-state index in [9.17, 15) is 13.2 Å². The summed E-state index contributed by atoms with van der Waals surface area (Å²) in [5.74, 6) is 0. The molecule has 5 heteroatoms. The number of rotatable bonds is 1. The van der Waals surface area contributed by atoms with E-state index in [0.29, 0.717) is 0 Å². The van der Waals surface area contributed by atoms with E-state index in [1.165, 1.54) is 0 Å². The Balaban J connectivity index is 3.85. The largest absolute Gasteiger partial charge is 0.354 e. The summed E-state index contributed by atoms with van der Waals surface area (Å²) in [6, 6.07) is -2.15. The zero-order valence-corrected chi connectivity index (χ0v) is 3.49. The van der Waals surface area contributed by atoms with Crippen molar-refractivity contribution < 1.29 is 17.9 Å². The van der Waals surface area contributed by atoms with E-state index < -0.39 is 12.1 Å². The molecule has 0 aliphatic heterocycles. The van der Waals surface area contributed by atoms with Crippen LogP contribution in [0.2, 0.25) is 0 Å². The van der Waals surface area contributed by atoms with E-state index in [4.69, 9.17) is 5.26 Å². The van der Waals surface area contributed by atoms with Crippen molar-refractivity contribution >= 4 is 0 Å². The average Bonchev–Trinajstić information content (AvgIpc) is 1.67. The summed E-state index contributed by atoms with van der Waals surface area (Å²) in [5, 5.41) is 7.41. The lowest BCUT2D eigenvalue weighted by Gasteiger charge is -1.82. The summed E-state index contributed by atoms with van der Waals surface area (Å²) in [6.07, 6.45) is -1.90. The Labute approximate surface area is 42.8 Å². The molecule has 0 unspecified atom stereocenters. The first kappa shape index (κ1) is 6.82. The van der Waals surface area contributed by atoms with Crippen molar-refractivity contribution in [2.45, 2.75) is 0 Å². The van der Waals surface area contributed by atoms with Gasteiger partial charge in [0.05, 0.1) is 0 Å². The van der Waals surface area contributed by atoms with Crippen LogP contribution < -0.4 is 0 Å². The average molecular weight is 123 g/mol. The third-order valence-corrected chi connectivity index (χ3v) is 0.284. The molecule has 0 radical (unpaired) electrons. The highest BCUT2D eigenvalue weighted by molar-refractivity contribution is 4.83. The second-order valence-corrected chi connectivity index (χ2v) is 0.727. The molecule has 0 saturated carbocycles. The molecule has 0 heterocycles. The quantitative estimate of drug-likeness (QED) is 0.391. The van der Waals surface area contributed by atoms with Crippen molar-refractivity contribution in [2.24, 2.45) is 0 Å². The smallest absolute Gasteiger partial charge is 0.352 e. The van der Waals surface area contributed by atoms with Gasteiger partial charge in [0, 0.05) is 0 Å². The van der Waals surface area contributed by atoms with Crippen LogP contribution in [0.15, 0.2) is 12.1 Å². The minimum absolute atomic E-state index is 0.736. The molecule has 0 rings (SSSR count). The highest BCUT2D eigenvalue weighted by atomic mass is 19.3. The Morgan fingerprint density at radius 1 is 1.38 bits per heavy atom. The Bertz CT molecular complexity index is 143. The van der Waals surface area contributed by atoms with E-state index in [1.807, 2.05) is 0 Å². The molecule has 44 valence electrons. The topological polar surface area (TPSA) is 33.0 Å². The minimum Gasteiger partial charge on any atom is -0.352 e. The molecule has 8 heavy (non-hydrogen) atoms. The maximum absolute atomic E-state index is 11.2. The molecule has 0 aromatic heterocycles. The molecule has 0 bridgehead atoms. The summed E-state index contributed by atoms with van der Waals surface area (Å²) in [4.78, 5) is 0. The Morgan fingerprint density at radius 2 is 1.88 bits per heavy atom. The molecule has 0 aliphatic carbocycles. The summed E-state index contributed by atoms with van der Waals surface area (Å²) >= 11 is 0. The zero-order valence-electron chi connectivity index (χ0n) is 3.49. The van der Waals surface area contributed by atoms with E-state index in [1.54, 1.807) is 0 Å². The molecule has 0 amide bonds. The molecule has 0 aliphatic rings. The molecule has 0 atom stereocenters. The van der Waals surface area contributed by atoms with E-state index in [-0.39, 0.29) is 0 Å². The first-order valence-electron chi connectivity index (χ1n) is 1.45. The molecular weight excluding hydrogens is 123 g/mol. The summed E-state index contributed by atoms with van der Waals surface area (Å²) < 4.78 is 36.0. The molecular formula is C3F3NO. The second kappa shape index (κ2) is 2.91. The molecule has 0 fully saturated rings. The van der Waals surface area contributed by atoms with E-state index in [0.717, 1.165) is 6.26 Å². The van der Waals surface area contributed by atoms with Crippen molar-refractivity contribution in [1.29, 1.82) is 5.26 Å². The molecule has 0 N–H and O–H groups in total. The Morgan fingerprint density at radius 3 is 2.00 bits per heavy atom. The van der Waals surface area contributed by atoms with Crippen LogP contribution in [-0.4, -0.2) is 0 Å². The van der Waals surface area contributed by atoms with Crippen LogP contribution in [-0.2, 0) is 4.74 Å². The van der Waals surface area contributed by atoms with Gasteiger partial charge in [0.15, 0.2) is 0 Å². The maximum Gasteiger partial charge on any atom is 0.354 e. The van der Waals surface area contributed by atoms with Crippen LogP contribution in [0.3, 0.4) is 0 Å². The lowest BCUT2D eigenvalue weighted by Crippen LogP contribution is -1.76. The first-order valence-corrected chi connectivity index (χ1v) is 1.45. The highest BCUT2D eigenvalue weighted by Crippen LogP contribution is 2.08. The second-order valence-electron chi connectivity index (χ2n) is 0.727. The van der Waals surface area contributed by atoms with Gasteiger partial charge < -0.3 is 4.74 Å². The molecule has 0 spiro atoms. The summed E-state index contributed by atoms with van der Waals surface area (Å²) in [5.41, 5.74) is 0. The summed E-state index contributed by atoms with van der Waals surface area (Å²) in [7, 11) is 0. The minimum atomic E-state index is -2.63. The number of hydrogen-bond donors (Lipinski definition) is 0. The third-order valence-electron chi connectivity index (χ3n) is 0.284. The number of nitrogens with zero attached hydrogens (tertiary/aromatic N) is 1. The molecule has 0 aromatic carbocycles. The van der Waals surface area contributed by atoms with Gasteiger partial charge in [0.2, 0.25) is 0 Å². The third kappa shape index (κ3) is 2.08. The fraction of sp³-hybridized carbons (Fsp3) is 0. The number of ether oxygens (including phenoxy) is 1. The van der Waals surface area contributed by atoms with Crippen molar-refractivity contribution in [3.8, 4) is 6.26 Å². The molecule has 0 saturated heterocycles. The number of nitriles is 1. The van der Waals surface area contributed by atoms with E-state index >= 15 is 0 Å². The van der Waals surface area contributed by atoms with Crippen LogP contribution in [0.4, 0.5) is 13.2 Å². The van der Waals surface area contributed by atoms with Crippen LogP contribution >= 0.6 is 0 Å². The van der Waals surface area contributed by atoms with Gasteiger partial charge in [0.25, 0.3) is 6.26 Å². The SMILES string of the molecule is N#COC(F)=C(F)F. The Kier molecular flexibility index (Phi) is 2.48.